The monoisotopic (exact) mass is 230 g/mol. The summed E-state index contributed by atoms with van der Waals surface area (Å²) in [6.07, 6.45) is 0.601. The summed E-state index contributed by atoms with van der Waals surface area (Å²) in [5.74, 6) is 0.107. The third-order valence-electron chi connectivity index (χ3n) is 2.29. The van der Waals surface area contributed by atoms with E-state index in [0.717, 1.165) is 0 Å². The minimum Gasteiger partial charge on any atom is -0.344 e. The maximum absolute atomic E-state index is 11.6. The van der Waals surface area contributed by atoms with Crippen molar-refractivity contribution in [3.63, 3.8) is 0 Å². The largest absolute Gasteiger partial charge is 0.344 e. The van der Waals surface area contributed by atoms with Crippen molar-refractivity contribution >= 4 is 11.7 Å². The first-order valence-corrected chi connectivity index (χ1v) is 5.26. The number of Topliss-reactive ketones (excluding diaryl/α,β-unsaturated/α-hetero) is 1. The van der Waals surface area contributed by atoms with Gasteiger partial charge in [0, 0.05) is 38.4 Å². The van der Waals surface area contributed by atoms with Gasteiger partial charge in [0.25, 0.3) is 0 Å². The number of nitrogens with two attached hydrogens (primary N) is 1. The van der Waals surface area contributed by atoms with Crippen molar-refractivity contribution in [1.29, 1.82) is 0 Å². The Morgan fingerprint density at radius 1 is 1.19 bits per heavy atom. The van der Waals surface area contributed by atoms with Crippen molar-refractivity contribution in [2.75, 3.05) is 20.1 Å². The third kappa shape index (κ3) is 6.56. The number of carbonyl (C=O) groups excluding carboxylic acids is 2. The quantitative estimate of drug-likeness (QED) is 0.777. The summed E-state index contributed by atoms with van der Waals surface area (Å²) in [6.45, 7) is 6.59. The molecule has 0 spiro atoms. The Bertz CT molecular complexity index is 232. The predicted octanol–water partition coefficient (Wildman–Crippen LogP) is 1.43. The Morgan fingerprint density at radius 2 is 1.69 bits per heavy atom. The van der Waals surface area contributed by atoms with Crippen LogP contribution in [-0.4, -0.2) is 36.7 Å². The van der Waals surface area contributed by atoms with Crippen molar-refractivity contribution in [1.82, 2.24) is 4.90 Å². The lowest BCUT2D eigenvalue weighted by atomic mass is 9.88. The predicted molar refractivity (Wildman–Crippen MR) is 67.1 cm³/mol. The summed E-state index contributed by atoms with van der Waals surface area (Å²) < 4.78 is 0. The molecule has 16 heavy (non-hydrogen) atoms. The van der Waals surface area contributed by atoms with Crippen molar-refractivity contribution in [2.45, 2.75) is 41.0 Å². The molecule has 96 valence electrons. The second-order valence-corrected chi connectivity index (χ2v) is 4.78. The fraction of sp³-hybridized carbons (Fsp3) is 0.833. The lowest BCUT2D eigenvalue weighted by molar-refractivity contribution is -0.133. The molecule has 0 fully saturated rings. The third-order valence-corrected chi connectivity index (χ3v) is 2.29. The number of rotatable bonds is 5. The first kappa shape index (κ1) is 17.5. The smallest absolute Gasteiger partial charge is 0.222 e. The van der Waals surface area contributed by atoms with Gasteiger partial charge >= 0.3 is 0 Å². The van der Waals surface area contributed by atoms with Gasteiger partial charge in [0.1, 0.15) is 5.78 Å². The summed E-state index contributed by atoms with van der Waals surface area (Å²) in [5.41, 5.74) is 4.98. The highest BCUT2D eigenvalue weighted by molar-refractivity contribution is 5.88. The molecule has 0 radical (unpaired) electrons. The van der Waals surface area contributed by atoms with E-state index in [1.54, 1.807) is 11.9 Å². The molecular formula is C12H26N2O2. The molecule has 0 saturated carbocycles. The zero-order valence-electron chi connectivity index (χ0n) is 10.2. The summed E-state index contributed by atoms with van der Waals surface area (Å²) in [4.78, 5) is 24.6. The van der Waals surface area contributed by atoms with Crippen LogP contribution in [0.5, 0.6) is 0 Å². The van der Waals surface area contributed by atoms with Crippen LogP contribution in [0.1, 0.15) is 41.0 Å². The van der Waals surface area contributed by atoms with E-state index in [-0.39, 0.29) is 31.0 Å². The lowest BCUT2D eigenvalue weighted by Gasteiger charge is -2.18. The average molecular weight is 230 g/mol. The fourth-order valence-electron chi connectivity index (χ4n) is 1.10. The number of amides is 1. The van der Waals surface area contributed by atoms with Gasteiger partial charge in [-0.15, -0.1) is 0 Å². The molecule has 0 unspecified atom stereocenters. The Balaban J connectivity index is 0. The number of carbonyl (C=O) groups is 2. The summed E-state index contributed by atoms with van der Waals surface area (Å²) in [6, 6.07) is 0. The van der Waals surface area contributed by atoms with E-state index in [1.807, 2.05) is 20.8 Å². The number of hydrogen-bond acceptors (Lipinski definition) is 3. The number of ketones is 1. The molecule has 0 atom stereocenters. The van der Waals surface area contributed by atoms with Gasteiger partial charge in [0.2, 0.25) is 5.91 Å². The highest BCUT2D eigenvalue weighted by Crippen LogP contribution is 2.17. The molecule has 0 aliphatic rings. The van der Waals surface area contributed by atoms with Gasteiger partial charge in [-0.25, -0.2) is 0 Å². The van der Waals surface area contributed by atoms with E-state index >= 15 is 0 Å². The van der Waals surface area contributed by atoms with E-state index in [0.29, 0.717) is 19.5 Å². The van der Waals surface area contributed by atoms with Crippen molar-refractivity contribution in [3.05, 3.63) is 0 Å². The number of likely N-dealkylation sites (N-methyl/N-ethyl adjacent to an activating group) is 1. The van der Waals surface area contributed by atoms with Crippen LogP contribution in [0.4, 0.5) is 0 Å². The first-order chi connectivity index (χ1) is 6.79. The number of nitrogens with zero attached hydrogens (tertiary/aromatic N) is 1. The van der Waals surface area contributed by atoms with Crippen LogP contribution < -0.4 is 5.73 Å². The van der Waals surface area contributed by atoms with E-state index in [9.17, 15) is 9.59 Å². The Kier molecular flexibility index (Phi) is 8.08. The standard InChI is InChI=1S/C11H22N2O2.CH4/c1-11(2,3)9(14)5-6-10(15)13(4)8-7-12;/h5-8,12H2,1-4H3;1H4. The second kappa shape index (κ2) is 7.39. The Morgan fingerprint density at radius 3 is 2.06 bits per heavy atom. The van der Waals surface area contributed by atoms with Gasteiger partial charge in [-0.2, -0.15) is 0 Å². The molecule has 0 aromatic carbocycles. The van der Waals surface area contributed by atoms with Gasteiger partial charge in [-0.3, -0.25) is 9.59 Å². The minimum absolute atomic E-state index is 0. The zero-order valence-corrected chi connectivity index (χ0v) is 10.2. The highest BCUT2D eigenvalue weighted by Gasteiger charge is 2.22. The van der Waals surface area contributed by atoms with Crippen molar-refractivity contribution < 1.29 is 9.59 Å². The molecule has 0 rings (SSSR count). The van der Waals surface area contributed by atoms with Crippen LogP contribution in [0, 0.1) is 5.41 Å². The van der Waals surface area contributed by atoms with E-state index in [1.165, 1.54) is 0 Å². The molecule has 0 aliphatic heterocycles. The molecule has 0 heterocycles. The van der Waals surface area contributed by atoms with Crippen LogP contribution in [0.3, 0.4) is 0 Å². The molecule has 0 bridgehead atoms. The molecule has 0 aliphatic carbocycles. The van der Waals surface area contributed by atoms with Gasteiger partial charge in [0.05, 0.1) is 0 Å². The molecule has 2 N–H and O–H groups in total. The van der Waals surface area contributed by atoms with Crippen LogP contribution in [0.15, 0.2) is 0 Å². The van der Waals surface area contributed by atoms with E-state index in [2.05, 4.69) is 0 Å². The molecule has 0 aromatic rings. The molecule has 0 aromatic heterocycles. The maximum Gasteiger partial charge on any atom is 0.222 e. The zero-order chi connectivity index (χ0) is 12.1. The minimum atomic E-state index is -0.354. The number of hydrogen-bond donors (Lipinski definition) is 1. The van der Waals surface area contributed by atoms with Crippen molar-refractivity contribution in [2.24, 2.45) is 11.1 Å². The SMILES string of the molecule is C.CN(CCN)C(=O)CCC(=O)C(C)(C)C. The average Bonchev–Trinajstić information content (AvgIpc) is 2.12. The van der Waals surface area contributed by atoms with Crippen molar-refractivity contribution in [3.8, 4) is 0 Å². The van der Waals surface area contributed by atoms with Crippen LogP contribution in [0.25, 0.3) is 0 Å². The van der Waals surface area contributed by atoms with Crippen LogP contribution in [0.2, 0.25) is 0 Å². The fourth-order valence-corrected chi connectivity index (χ4v) is 1.10. The molecule has 0 saturated heterocycles. The van der Waals surface area contributed by atoms with E-state index < -0.39 is 0 Å². The molecule has 4 heteroatoms. The van der Waals surface area contributed by atoms with E-state index in [4.69, 9.17) is 5.73 Å². The first-order valence-electron chi connectivity index (χ1n) is 5.26. The van der Waals surface area contributed by atoms with Gasteiger partial charge < -0.3 is 10.6 Å². The van der Waals surface area contributed by atoms with Gasteiger partial charge in [-0.1, -0.05) is 28.2 Å². The Hall–Kier alpha value is -0.900. The highest BCUT2D eigenvalue weighted by atomic mass is 16.2. The summed E-state index contributed by atoms with van der Waals surface area (Å²) >= 11 is 0. The normalized spacial score (nSPS) is 10.6. The summed E-state index contributed by atoms with van der Waals surface area (Å²) in [7, 11) is 1.71. The molecule has 4 nitrogen and oxygen atoms in total. The van der Waals surface area contributed by atoms with Gasteiger partial charge in [0.15, 0.2) is 0 Å². The topological polar surface area (TPSA) is 63.4 Å². The molecule has 1 amide bonds. The second-order valence-electron chi connectivity index (χ2n) is 4.78. The maximum atomic E-state index is 11.6. The Labute approximate surface area is 99.2 Å². The lowest BCUT2D eigenvalue weighted by Crippen LogP contribution is -2.32. The summed E-state index contributed by atoms with van der Waals surface area (Å²) in [5, 5.41) is 0. The van der Waals surface area contributed by atoms with Crippen LogP contribution in [-0.2, 0) is 9.59 Å². The molecular weight excluding hydrogens is 204 g/mol. The van der Waals surface area contributed by atoms with Crippen LogP contribution >= 0.6 is 0 Å². The van der Waals surface area contributed by atoms with Gasteiger partial charge in [-0.05, 0) is 0 Å².